The van der Waals surface area contributed by atoms with Crippen molar-refractivity contribution in [2.45, 2.75) is 50.9 Å². The fraction of sp³-hybridized carbons (Fsp3) is 0.462. The first-order valence-electron chi connectivity index (χ1n) is 11.3. The molecule has 1 saturated carbocycles. The number of nitrogens with one attached hydrogen (secondary N) is 1. The Balaban J connectivity index is 1.30. The van der Waals surface area contributed by atoms with Crippen molar-refractivity contribution in [3.05, 3.63) is 59.7 Å². The second-order valence-electron chi connectivity index (χ2n) is 8.98. The molecule has 1 saturated heterocycles. The summed E-state index contributed by atoms with van der Waals surface area (Å²) in [6.07, 6.45) is 5.27. The quantitative estimate of drug-likeness (QED) is 0.707. The van der Waals surface area contributed by atoms with E-state index in [1.807, 2.05) is 43.3 Å². The normalized spacial score (nSPS) is 19.5. The van der Waals surface area contributed by atoms with Gasteiger partial charge in [0.25, 0.3) is 0 Å². The summed E-state index contributed by atoms with van der Waals surface area (Å²) >= 11 is 0. The van der Waals surface area contributed by atoms with Crippen LogP contribution >= 0.6 is 0 Å². The first kappa shape index (κ1) is 21.4. The molecule has 31 heavy (non-hydrogen) atoms. The van der Waals surface area contributed by atoms with Gasteiger partial charge < -0.3 is 15.0 Å². The van der Waals surface area contributed by atoms with Crippen molar-refractivity contribution in [1.82, 2.24) is 4.90 Å². The van der Waals surface area contributed by atoms with Gasteiger partial charge in [-0.1, -0.05) is 30.3 Å². The number of nitrogens with zero attached hydrogens (tertiary/aromatic N) is 1. The molecule has 0 radical (unpaired) electrons. The Morgan fingerprint density at radius 2 is 1.94 bits per heavy atom. The molecule has 0 spiro atoms. The summed E-state index contributed by atoms with van der Waals surface area (Å²) in [5.74, 6) is 1.47. The molecule has 5 heteroatoms. The molecule has 2 amide bonds. The van der Waals surface area contributed by atoms with Gasteiger partial charge in [-0.25, -0.2) is 0 Å². The highest BCUT2D eigenvalue weighted by molar-refractivity contribution is 5.92. The molecular formula is C26H32N2O3. The van der Waals surface area contributed by atoms with Gasteiger partial charge in [0.05, 0.1) is 12.5 Å². The lowest BCUT2D eigenvalue weighted by Crippen LogP contribution is -2.45. The minimum atomic E-state index is -0.299. The molecule has 1 heterocycles. The van der Waals surface area contributed by atoms with Crippen LogP contribution in [-0.2, 0) is 15.0 Å². The van der Waals surface area contributed by atoms with Gasteiger partial charge in [-0.15, -0.1) is 0 Å². The number of carbonyl (C=O) groups is 2. The maximum atomic E-state index is 13.3. The molecule has 164 valence electrons. The van der Waals surface area contributed by atoms with Gasteiger partial charge in [-0.05, 0) is 74.3 Å². The number of piperidine rings is 1. The maximum Gasteiger partial charge on any atom is 0.233 e. The van der Waals surface area contributed by atoms with Crippen LogP contribution in [0.5, 0.6) is 5.75 Å². The van der Waals surface area contributed by atoms with E-state index < -0.39 is 0 Å². The van der Waals surface area contributed by atoms with Crippen LogP contribution in [0.2, 0.25) is 0 Å². The molecule has 1 aliphatic heterocycles. The molecule has 0 aromatic heterocycles. The Hall–Kier alpha value is -2.82. The smallest absolute Gasteiger partial charge is 0.233 e. The molecule has 0 bridgehead atoms. The SMILES string of the molecule is COc1ccc(NC(=O)CCC2CCCN(C(=O)C3(c4ccccc4)CC3)C2)c(C)c1. The minimum Gasteiger partial charge on any atom is -0.497 e. The number of methoxy groups -OCH3 is 1. The van der Waals surface area contributed by atoms with E-state index in [2.05, 4.69) is 22.3 Å². The third kappa shape index (κ3) is 4.76. The summed E-state index contributed by atoms with van der Waals surface area (Å²) in [6.45, 7) is 3.56. The van der Waals surface area contributed by atoms with Crippen molar-refractivity contribution in [2.75, 3.05) is 25.5 Å². The third-order valence-electron chi connectivity index (χ3n) is 6.78. The number of ether oxygens (including phenoxy) is 1. The lowest BCUT2D eigenvalue weighted by Gasteiger charge is -2.35. The second-order valence-corrected chi connectivity index (χ2v) is 8.98. The van der Waals surface area contributed by atoms with Crippen LogP contribution in [0.3, 0.4) is 0 Å². The number of rotatable bonds is 7. The number of benzene rings is 2. The zero-order valence-corrected chi connectivity index (χ0v) is 18.5. The van der Waals surface area contributed by atoms with Crippen LogP contribution in [-0.4, -0.2) is 36.9 Å². The Bertz CT molecular complexity index is 937. The number of anilines is 1. The number of carbonyl (C=O) groups excluding carboxylic acids is 2. The Labute approximate surface area is 184 Å². The molecule has 2 aromatic rings. The zero-order chi connectivity index (χ0) is 21.8. The van der Waals surface area contributed by atoms with E-state index in [4.69, 9.17) is 4.74 Å². The van der Waals surface area contributed by atoms with Crippen LogP contribution in [0.25, 0.3) is 0 Å². The van der Waals surface area contributed by atoms with Crippen molar-refractivity contribution in [2.24, 2.45) is 5.92 Å². The highest BCUT2D eigenvalue weighted by atomic mass is 16.5. The average molecular weight is 421 g/mol. The van der Waals surface area contributed by atoms with Gasteiger partial charge in [-0.3, -0.25) is 9.59 Å². The van der Waals surface area contributed by atoms with Gasteiger partial charge in [0, 0.05) is 25.2 Å². The minimum absolute atomic E-state index is 0.0275. The molecule has 1 atom stereocenters. The van der Waals surface area contributed by atoms with Gasteiger partial charge in [0.2, 0.25) is 11.8 Å². The standard InChI is InChI=1S/C26H32N2O3/c1-19-17-22(31-2)11-12-23(19)27-24(29)13-10-20-7-6-16-28(18-20)25(30)26(14-15-26)21-8-4-3-5-9-21/h3-5,8-9,11-12,17,20H,6-7,10,13-16,18H2,1-2H3,(H,27,29). The zero-order valence-electron chi connectivity index (χ0n) is 18.5. The molecule has 1 N–H and O–H groups in total. The van der Waals surface area contributed by atoms with Crippen LogP contribution in [0, 0.1) is 12.8 Å². The first-order valence-corrected chi connectivity index (χ1v) is 11.3. The monoisotopic (exact) mass is 420 g/mol. The summed E-state index contributed by atoms with van der Waals surface area (Å²) in [5, 5.41) is 3.02. The maximum absolute atomic E-state index is 13.3. The van der Waals surface area contributed by atoms with E-state index in [9.17, 15) is 9.59 Å². The van der Waals surface area contributed by atoms with Crippen LogP contribution < -0.4 is 10.1 Å². The Morgan fingerprint density at radius 3 is 2.61 bits per heavy atom. The Kier molecular flexibility index (Phi) is 6.30. The topological polar surface area (TPSA) is 58.6 Å². The third-order valence-corrected chi connectivity index (χ3v) is 6.78. The summed E-state index contributed by atoms with van der Waals surface area (Å²) < 4.78 is 5.22. The largest absolute Gasteiger partial charge is 0.497 e. The van der Waals surface area contributed by atoms with Gasteiger partial charge >= 0.3 is 0 Å². The van der Waals surface area contributed by atoms with E-state index in [0.29, 0.717) is 12.3 Å². The second kappa shape index (κ2) is 9.13. The molecule has 2 fully saturated rings. The fourth-order valence-electron chi connectivity index (χ4n) is 4.75. The van der Waals surface area contributed by atoms with Gasteiger partial charge in [-0.2, -0.15) is 0 Å². The first-order chi connectivity index (χ1) is 15.0. The van der Waals surface area contributed by atoms with Crippen LogP contribution in [0.4, 0.5) is 5.69 Å². The van der Waals surface area contributed by atoms with Crippen molar-refractivity contribution in [1.29, 1.82) is 0 Å². The Morgan fingerprint density at radius 1 is 1.16 bits per heavy atom. The highest BCUT2D eigenvalue weighted by Crippen LogP contribution is 2.50. The molecule has 1 unspecified atom stereocenters. The van der Waals surface area contributed by atoms with E-state index in [1.54, 1.807) is 7.11 Å². The molecule has 4 rings (SSSR count). The lowest BCUT2D eigenvalue weighted by molar-refractivity contribution is -0.135. The number of likely N-dealkylation sites (tertiary alicyclic amines) is 1. The average Bonchev–Trinajstić information content (AvgIpc) is 3.61. The van der Waals surface area contributed by atoms with E-state index in [-0.39, 0.29) is 17.2 Å². The summed E-state index contributed by atoms with van der Waals surface area (Å²) in [5.41, 5.74) is 2.66. The highest BCUT2D eigenvalue weighted by Gasteiger charge is 2.53. The summed E-state index contributed by atoms with van der Waals surface area (Å²) in [6, 6.07) is 15.9. The number of aryl methyl sites for hydroxylation is 1. The van der Waals surface area contributed by atoms with Crippen molar-refractivity contribution in [3.8, 4) is 5.75 Å². The lowest BCUT2D eigenvalue weighted by atomic mass is 9.89. The molecular weight excluding hydrogens is 388 g/mol. The van der Waals surface area contributed by atoms with Gasteiger partial charge in [0.1, 0.15) is 5.75 Å². The molecule has 2 aromatic carbocycles. The number of hydrogen-bond donors (Lipinski definition) is 1. The van der Waals surface area contributed by atoms with Crippen LogP contribution in [0.1, 0.15) is 49.7 Å². The van der Waals surface area contributed by atoms with E-state index in [0.717, 1.165) is 67.8 Å². The molecule has 1 aliphatic carbocycles. The van der Waals surface area contributed by atoms with Crippen molar-refractivity contribution in [3.63, 3.8) is 0 Å². The van der Waals surface area contributed by atoms with Crippen molar-refractivity contribution >= 4 is 17.5 Å². The molecule has 2 aliphatic rings. The number of hydrogen-bond acceptors (Lipinski definition) is 3. The summed E-state index contributed by atoms with van der Waals surface area (Å²) in [4.78, 5) is 27.9. The van der Waals surface area contributed by atoms with Crippen molar-refractivity contribution < 1.29 is 14.3 Å². The predicted octanol–water partition coefficient (Wildman–Crippen LogP) is 4.69. The van der Waals surface area contributed by atoms with E-state index >= 15 is 0 Å². The molecule has 5 nitrogen and oxygen atoms in total. The van der Waals surface area contributed by atoms with E-state index in [1.165, 1.54) is 0 Å². The van der Waals surface area contributed by atoms with Crippen LogP contribution in [0.15, 0.2) is 48.5 Å². The number of amides is 2. The summed E-state index contributed by atoms with van der Waals surface area (Å²) in [7, 11) is 1.64. The fourth-order valence-corrected chi connectivity index (χ4v) is 4.75. The predicted molar refractivity (Wildman–Crippen MR) is 122 cm³/mol. The van der Waals surface area contributed by atoms with Gasteiger partial charge in [0.15, 0.2) is 0 Å².